The average Bonchev–Trinajstić information content (AvgIpc) is 2.28. The largest absolute Gasteiger partial charge is 0.390 e. The SMILES string of the molecule is CC(C)(C)C(O)[C@@H](NCc1ccccc1)C(N)=O. The van der Waals surface area contributed by atoms with Crippen LogP contribution in [0.3, 0.4) is 0 Å². The second-order valence-electron chi connectivity index (χ2n) is 5.56. The van der Waals surface area contributed by atoms with Gasteiger partial charge in [0.25, 0.3) is 0 Å². The highest BCUT2D eigenvalue weighted by Gasteiger charge is 2.33. The summed E-state index contributed by atoms with van der Waals surface area (Å²) < 4.78 is 0. The van der Waals surface area contributed by atoms with Gasteiger partial charge in [-0.1, -0.05) is 51.1 Å². The van der Waals surface area contributed by atoms with Crippen molar-refractivity contribution in [2.75, 3.05) is 0 Å². The highest BCUT2D eigenvalue weighted by molar-refractivity contribution is 5.80. The number of nitrogens with one attached hydrogen (secondary N) is 1. The van der Waals surface area contributed by atoms with Crippen molar-refractivity contribution < 1.29 is 9.90 Å². The number of amides is 1. The normalized spacial score (nSPS) is 15.1. The quantitative estimate of drug-likeness (QED) is 0.731. The molecule has 1 unspecified atom stereocenters. The van der Waals surface area contributed by atoms with Crippen LogP contribution in [-0.4, -0.2) is 23.2 Å². The smallest absolute Gasteiger partial charge is 0.237 e. The Labute approximate surface area is 108 Å². The average molecular weight is 250 g/mol. The molecule has 2 atom stereocenters. The number of hydrogen-bond donors (Lipinski definition) is 3. The molecule has 1 aromatic carbocycles. The second-order valence-corrected chi connectivity index (χ2v) is 5.56. The van der Waals surface area contributed by atoms with Crippen LogP contribution in [-0.2, 0) is 11.3 Å². The lowest BCUT2D eigenvalue weighted by Crippen LogP contribution is -2.53. The molecule has 0 bridgehead atoms. The maximum atomic E-state index is 11.4. The van der Waals surface area contributed by atoms with Crippen molar-refractivity contribution in [3.8, 4) is 0 Å². The van der Waals surface area contributed by atoms with Gasteiger partial charge in [0.2, 0.25) is 5.91 Å². The molecule has 1 amide bonds. The van der Waals surface area contributed by atoms with Crippen molar-refractivity contribution in [3.05, 3.63) is 35.9 Å². The minimum atomic E-state index is -0.821. The maximum Gasteiger partial charge on any atom is 0.237 e. The van der Waals surface area contributed by atoms with Gasteiger partial charge in [0.05, 0.1) is 6.10 Å². The van der Waals surface area contributed by atoms with Gasteiger partial charge in [0.15, 0.2) is 0 Å². The first-order valence-electron chi connectivity index (χ1n) is 6.07. The van der Waals surface area contributed by atoms with E-state index in [1.54, 1.807) is 0 Å². The van der Waals surface area contributed by atoms with Gasteiger partial charge >= 0.3 is 0 Å². The predicted molar refractivity (Wildman–Crippen MR) is 71.7 cm³/mol. The van der Waals surface area contributed by atoms with Crippen molar-refractivity contribution in [1.29, 1.82) is 0 Å². The van der Waals surface area contributed by atoms with Gasteiger partial charge < -0.3 is 10.8 Å². The first kappa shape index (κ1) is 14.7. The first-order chi connectivity index (χ1) is 8.32. The maximum absolute atomic E-state index is 11.4. The van der Waals surface area contributed by atoms with Crippen LogP contribution in [0.25, 0.3) is 0 Å². The van der Waals surface area contributed by atoms with E-state index in [4.69, 9.17) is 5.73 Å². The molecular weight excluding hydrogens is 228 g/mol. The van der Waals surface area contributed by atoms with E-state index in [2.05, 4.69) is 5.32 Å². The van der Waals surface area contributed by atoms with E-state index >= 15 is 0 Å². The summed E-state index contributed by atoms with van der Waals surface area (Å²) in [5.74, 6) is -0.534. The lowest BCUT2D eigenvalue weighted by atomic mass is 9.84. The zero-order chi connectivity index (χ0) is 13.8. The molecule has 4 N–H and O–H groups in total. The standard InChI is InChI=1S/C14H22N2O2/c1-14(2,3)12(17)11(13(15)18)16-9-10-7-5-4-6-8-10/h4-8,11-12,16-17H,9H2,1-3H3,(H2,15,18)/t11-,12?/m1/s1. The number of carbonyl (C=O) groups is 1. The lowest BCUT2D eigenvalue weighted by molar-refractivity contribution is -0.125. The molecule has 0 saturated heterocycles. The van der Waals surface area contributed by atoms with Crippen LogP contribution in [0.1, 0.15) is 26.3 Å². The highest BCUT2D eigenvalue weighted by atomic mass is 16.3. The van der Waals surface area contributed by atoms with Crippen molar-refractivity contribution in [1.82, 2.24) is 5.32 Å². The van der Waals surface area contributed by atoms with Crippen LogP contribution in [0.4, 0.5) is 0 Å². The summed E-state index contributed by atoms with van der Waals surface area (Å²) >= 11 is 0. The second kappa shape index (κ2) is 5.98. The summed E-state index contributed by atoms with van der Waals surface area (Å²) in [6.07, 6.45) is -0.821. The molecule has 0 heterocycles. The number of nitrogens with two attached hydrogens (primary N) is 1. The third-order valence-electron chi connectivity index (χ3n) is 2.88. The Morgan fingerprint density at radius 2 is 1.89 bits per heavy atom. The molecule has 4 heteroatoms. The van der Waals surface area contributed by atoms with Crippen LogP contribution in [0.2, 0.25) is 0 Å². The molecule has 0 saturated carbocycles. The molecule has 0 fully saturated rings. The molecule has 0 aliphatic heterocycles. The van der Waals surface area contributed by atoms with Crippen LogP contribution in [0, 0.1) is 5.41 Å². The summed E-state index contributed by atoms with van der Waals surface area (Å²) in [6.45, 7) is 6.12. The minimum absolute atomic E-state index is 0.399. The highest BCUT2D eigenvalue weighted by Crippen LogP contribution is 2.21. The predicted octanol–water partition coefficient (Wildman–Crippen LogP) is 1.04. The van der Waals surface area contributed by atoms with Gasteiger partial charge in [-0.25, -0.2) is 0 Å². The number of rotatable bonds is 5. The van der Waals surface area contributed by atoms with Crippen LogP contribution >= 0.6 is 0 Å². The van der Waals surface area contributed by atoms with E-state index in [9.17, 15) is 9.90 Å². The third-order valence-corrected chi connectivity index (χ3v) is 2.88. The third kappa shape index (κ3) is 4.13. The summed E-state index contributed by atoms with van der Waals surface area (Å²) in [5.41, 5.74) is 5.98. The molecule has 0 spiro atoms. The van der Waals surface area contributed by atoms with Crippen molar-refractivity contribution >= 4 is 5.91 Å². The lowest BCUT2D eigenvalue weighted by Gasteiger charge is -2.31. The van der Waals surface area contributed by atoms with Gasteiger partial charge in [-0.3, -0.25) is 10.1 Å². The number of hydrogen-bond acceptors (Lipinski definition) is 3. The fourth-order valence-corrected chi connectivity index (χ4v) is 1.69. The molecule has 18 heavy (non-hydrogen) atoms. The Morgan fingerprint density at radius 3 is 2.33 bits per heavy atom. The molecular formula is C14H22N2O2. The molecule has 1 rings (SSSR count). The van der Waals surface area contributed by atoms with Gasteiger partial charge in [0, 0.05) is 6.54 Å². The number of benzene rings is 1. The summed E-state index contributed by atoms with van der Waals surface area (Å²) in [4.78, 5) is 11.4. The van der Waals surface area contributed by atoms with Gasteiger partial charge in [-0.15, -0.1) is 0 Å². The van der Waals surface area contributed by atoms with Crippen molar-refractivity contribution in [3.63, 3.8) is 0 Å². The fourth-order valence-electron chi connectivity index (χ4n) is 1.69. The summed E-state index contributed by atoms with van der Waals surface area (Å²) in [7, 11) is 0. The Hall–Kier alpha value is -1.39. The summed E-state index contributed by atoms with van der Waals surface area (Å²) in [6, 6.07) is 8.94. The molecule has 0 aliphatic carbocycles. The fraction of sp³-hybridized carbons (Fsp3) is 0.500. The Kier molecular flexibility index (Phi) is 4.87. The van der Waals surface area contributed by atoms with E-state index in [1.807, 2.05) is 51.1 Å². The van der Waals surface area contributed by atoms with Crippen LogP contribution in [0.15, 0.2) is 30.3 Å². The van der Waals surface area contributed by atoms with Gasteiger partial charge in [-0.05, 0) is 11.0 Å². The molecule has 0 aromatic heterocycles. The minimum Gasteiger partial charge on any atom is -0.390 e. The summed E-state index contributed by atoms with van der Waals surface area (Å²) in [5, 5.41) is 13.1. The molecule has 0 radical (unpaired) electrons. The monoisotopic (exact) mass is 250 g/mol. The molecule has 1 aromatic rings. The molecule has 0 aliphatic rings. The van der Waals surface area contributed by atoms with Crippen LogP contribution < -0.4 is 11.1 Å². The zero-order valence-corrected chi connectivity index (χ0v) is 11.2. The van der Waals surface area contributed by atoms with E-state index in [-0.39, 0.29) is 0 Å². The van der Waals surface area contributed by atoms with E-state index in [0.29, 0.717) is 6.54 Å². The van der Waals surface area contributed by atoms with E-state index in [1.165, 1.54) is 0 Å². The van der Waals surface area contributed by atoms with Gasteiger partial charge in [0.1, 0.15) is 6.04 Å². The topological polar surface area (TPSA) is 75.3 Å². The van der Waals surface area contributed by atoms with Crippen molar-refractivity contribution in [2.24, 2.45) is 11.1 Å². The van der Waals surface area contributed by atoms with Crippen LogP contribution in [0.5, 0.6) is 0 Å². The molecule has 4 nitrogen and oxygen atoms in total. The van der Waals surface area contributed by atoms with E-state index in [0.717, 1.165) is 5.56 Å². The molecule has 100 valence electrons. The number of aliphatic hydroxyl groups is 1. The Morgan fingerprint density at radius 1 is 1.33 bits per heavy atom. The van der Waals surface area contributed by atoms with Gasteiger partial charge in [-0.2, -0.15) is 0 Å². The first-order valence-corrected chi connectivity index (χ1v) is 6.07. The number of aliphatic hydroxyl groups excluding tert-OH is 1. The Balaban J connectivity index is 2.68. The zero-order valence-electron chi connectivity index (χ0n) is 11.2. The number of primary amides is 1. The number of carbonyl (C=O) groups excluding carboxylic acids is 1. The van der Waals surface area contributed by atoms with Crippen molar-refractivity contribution in [2.45, 2.75) is 39.5 Å². The Bertz CT molecular complexity index is 385. The van der Waals surface area contributed by atoms with E-state index < -0.39 is 23.5 Å².